The summed E-state index contributed by atoms with van der Waals surface area (Å²) in [5, 5.41) is 3.24. The van der Waals surface area contributed by atoms with Crippen molar-refractivity contribution in [1.82, 2.24) is 5.32 Å². The summed E-state index contributed by atoms with van der Waals surface area (Å²) in [6.45, 7) is 8.48. The van der Waals surface area contributed by atoms with Gasteiger partial charge in [-0.3, -0.25) is 23.2 Å². The molecular formula is C65H94NO12P. The number of carbonyl (C=O) groups is 2. The van der Waals surface area contributed by atoms with Crippen molar-refractivity contribution in [3.05, 3.63) is 144 Å². The number of ether oxygens (including phenoxy) is 6. The van der Waals surface area contributed by atoms with Crippen LogP contribution in [0.15, 0.2) is 121 Å². The Hall–Kier alpha value is -4.27. The van der Waals surface area contributed by atoms with Gasteiger partial charge in [0.05, 0.1) is 64.1 Å². The molecule has 0 aromatic heterocycles. The molecule has 0 bridgehead atoms. The van der Waals surface area contributed by atoms with E-state index < -0.39 is 62.4 Å². The van der Waals surface area contributed by atoms with E-state index in [-0.39, 0.29) is 38.6 Å². The number of hydrogen-bond donors (Lipinski definition) is 1. The lowest BCUT2D eigenvalue weighted by Gasteiger charge is -2.51. The first kappa shape index (κ1) is 63.9. The van der Waals surface area contributed by atoms with Gasteiger partial charge in [0.25, 0.3) is 0 Å². The summed E-state index contributed by atoms with van der Waals surface area (Å²) in [7, 11) is -4.58. The van der Waals surface area contributed by atoms with E-state index in [1.54, 1.807) is 13.8 Å². The van der Waals surface area contributed by atoms with E-state index in [0.717, 1.165) is 60.8 Å². The van der Waals surface area contributed by atoms with Crippen molar-refractivity contribution in [2.24, 2.45) is 0 Å². The van der Waals surface area contributed by atoms with Crippen molar-refractivity contribution in [3.8, 4) is 0 Å². The zero-order valence-electron chi connectivity index (χ0n) is 48.0. The van der Waals surface area contributed by atoms with Crippen molar-refractivity contribution in [2.45, 2.75) is 244 Å². The highest BCUT2D eigenvalue weighted by atomic mass is 31.2. The Morgan fingerprint density at radius 3 is 1.42 bits per heavy atom. The summed E-state index contributed by atoms with van der Waals surface area (Å²) in [6, 6.07) is 37.3. The largest absolute Gasteiger partial charge is 0.477 e. The van der Waals surface area contributed by atoms with Crippen LogP contribution in [0.25, 0.3) is 0 Å². The van der Waals surface area contributed by atoms with E-state index in [0.29, 0.717) is 26.1 Å². The maximum absolute atomic E-state index is 15.2. The van der Waals surface area contributed by atoms with Gasteiger partial charge >= 0.3 is 13.8 Å². The van der Waals surface area contributed by atoms with Crippen molar-refractivity contribution >= 4 is 19.7 Å². The van der Waals surface area contributed by atoms with E-state index in [9.17, 15) is 9.59 Å². The lowest BCUT2D eigenvalue weighted by molar-refractivity contribution is -0.360. The highest BCUT2D eigenvalue weighted by Crippen LogP contribution is 2.54. The van der Waals surface area contributed by atoms with Gasteiger partial charge < -0.3 is 33.7 Å². The standard InChI is InChI=1S/C65H94NO12P/c1-5-7-9-11-13-15-17-19-33-43-56(70-47-52-35-25-21-26-36-52)45-59(67)66-61-62-58(51-72-65(3,4)77-62)75-64(78-79(69,73-49-54-39-29-23-30-40-54)74-50-55-41-31-24-32-42-55)63(61)76-60(68)46-57(71-48-53-37-27-22-28-38-53)44-34-20-18-16-14-12-10-8-6-2/h21-32,35-42,56-58,61-64H,5-20,33-34,43-51H2,1-4H3,(H,66,67)/t56-,57-,58-,61+,62-,63-,64-/m1/s1. The maximum atomic E-state index is 15.2. The van der Waals surface area contributed by atoms with Gasteiger partial charge in [-0.25, -0.2) is 4.57 Å². The molecule has 2 saturated heterocycles. The second-order valence-electron chi connectivity index (χ2n) is 21.9. The Morgan fingerprint density at radius 1 is 0.570 bits per heavy atom. The molecule has 0 saturated carbocycles. The van der Waals surface area contributed by atoms with Crippen LogP contribution in [-0.2, 0) is 82.6 Å². The lowest BCUT2D eigenvalue weighted by Crippen LogP contribution is -2.69. The van der Waals surface area contributed by atoms with Crippen LogP contribution >= 0.6 is 7.82 Å². The molecular weight excluding hydrogens is 1020 g/mol. The van der Waals surface area contributed by atoms with Crippen molar-refractivity contribution in [3.63, 3.8) is 0 Å². The molecule has 4 aromatic rings. The fourth-order valence-electron chi connectivity index (χ4n) is 10.2. The molecule has 0 radical (unpaired) electrons. The molecule has 4 aromatic carbocycles. The maximum Gasteiger partial charge on any atom is 0.477 e. The van der Waals surface area contributed by atoms with Crippen LogP contribution < -0.4 is 5.32 Å². The van der Waals surface area contributed by atoms with Gasteiger partial charge in [0.2, 0.25) is 12.2 Å². The zero-order valence-corrected chi connectivity index (χ0v) is 48.9. The summed E-state index contributed by atoms with van der Waals surface area (Å²) in [5.41, 5.74) is 3.45. The second-order valence-corrected chi connectivity index (χ2v) is 23.6. The number of benzene rings is 4. The molecule has 436 valence electrons. The average molecular weight is 1110 g/mol. The zero-order chi connectivity index (χ0) is 55.8. The van der Waals surface area contributed by atoms with Crippen molar-refractivity contribution in [2.75, 3.05) is 6.61 Å². The number of hydrogen-bond acceptors (Lipinski definition) is 12. The van der Waals surface area contributed by atoms with Gasteiger partial charge in [0, 0.05) is 0 Å². The van der Waals surface area contributed by atoms with Crippen LogP contribution in [-0.4, -0.2) is 67.1 Å². The number of esters is 1. The third-order valence-corrected chi connectivity index (χ3v) is 16.0. The minimum atomic E-state index is -4.58. The first-order chi connectivity index (χ1) is 38.5. The number of nitrogens with one attached hydrogen (secondary N) is 1. The van der Waals surface area contributed by atoms with Gasteiger partial charge in [-0.1, -0.05) is 251 Å². The van der Waals surface area contributed by atoms with Gasteiger partial charge in [-0.15, -0.1) is 0 Å². The van der Waals surface area contributed by atoms with E-state index >= 15 is 4.57 Å². The SMILES string of the molecule is CCCCCCCCCCC[C@H](CC(=O)N[C@@H]1[C@@H](OC(=O)C[C@@H](CCCCCCCCCCC)OCc2ccccc2)[C@@H](OP(=O)(OCc2ccccc2)OCc2ccccc2)O[C@@H]2COC(C)(C)O[C@@H]12)OCc1ccccc1. The van der Waals surface area contributed by atoms with Crippen LogP contribution in [0.3, 0.4) is 0 Å². The van der Waals surface area contributed by atoms with Crippen LogP contribution in [0.1, 0.15) is 191 Å². The summed E-state index contributed by atoms with van der Waals surface area (Å²) in [6.07, 6.45) is 16.6. The highest BCUT2D eigenvalue weighted by molar-refractivity contribution is 7.48. The monoisotopic (exact) mass is 1110 g/mol. The summed E-state index contributed by atoms with van der Waals surface area (Å²) in [5.74, 6) is -2.06. The molecule has 0 aliphatic carbocycles. The molecule has 13 nitrogen and oxygen atoms in total. The number of fused-ring (bicyclic) bond motifs is 1. The molecule has 0 spiro atoms. The highest BCUT2D eigenvalue weighted by Gasteiger charge is 2.56. The predicted octanol–water partition coefficient (Wildman–Crippen LogP) is 15.6. The van der Waals surface area contributed by atoms with Crippen LogP contribution in [0.5, 0.6) is 0 Å². The Kier molecular flexibility index (Phi) is 29.3. The topological polar surface area (TPSA) is 146 Å². The third kappa shape index (κ3) is 24.8. The molecule has 2 aliphatic rings. The van der Waals surface area contributed by atoms with Crippen LogP contribution in [0.4, 0.5) is 0 Å². The summed E-state index contributed by atoms with van der Waals surface area (Å²) in [4.78, 5) is 29.6. The number of amides is 1. The second kappa shape index (κ2) is 36.2. The van der Waals surface area contributed by atoms with E-state index in [2.05, 4.69) is 19.2 Å². The number of rotatable bonds is 40. The van der Waals surface area contributed by atoms with Gasteiger partial charge in [-0.2, -0.15) is 0 Å². The van der Waals surface area contributed by atoms with Crippen molar-refractivity contribution < 1.29 is 56.1 Å². The minimum Gasteiger partial charge on any atom is -0.455 e. The number of unbranched alkanes of at least 4 members (excludes halogenated alkanes) is 16. The molecule has 1 amide bonds. The summed E-state index contributed by atoms with van der Waals surface area (Å²) < 4.78 is 72.9. The third-order valence-electron chi connectivity index (χ3n) is 14.7. The molecule has 2 aliphatic heterocycles. The average Bonchev–Trinajstić information content (AvgIpc) is 3.63. The summed E-state index contributed by atoms with van der Waals surface area (Å²) >= 11 is 0. The number of phosphoric acid groups is 1. The normalized spacial score (nSPS) is 19.8. The van der Waals surface area contributed by atoms with Gasteiger partial charge in [0.1, 0.15) is 12.2 Å². The molecule has 2 fully saturated rings. The van der Waals surface area contributed by atoms with Gasteiger partial charge in [0.15, 0.2) is 11.9 Å². The first-order valence-corrected chi connectivity index (χ1v) is 31.4. The van der Waals surface area contributed by atoms with Crippen molar-refractivity contribution in [1.29, 1.82) is 0 Å². The number of phosphoric ester groups is 1. The first-order valence-electron chi connectivity index (χ1n) is 29.9. The minimum absolute atomic E-state index is 0.0255. The fourth-order valence-corrected chi connectivity index (χ4v) is 11.4. The Bertz CT molecular complexity index is 2240. The predicted molar refractivity (Wildman–Crippen MR) is 309 cm³/mol. The number of carbonyl (C=O) groups excluding carboxylic acids is 2. The molecule has 79 heavy (non-hydrogen) atoms. The van der Waals surface area contributed by atoms with E-state index in [4.69, 9.17) is 42.0 Å². The van der Waals surface area contributed by atoms with Crippen LogP contribution in [0, 0.1) is 0 Å². The molecule has 0 unspecified atom stereocenters. The quantitative estimate of drug-likeness (QED) is 0.0257. The molecule has 2 heterocycles. The molecule has 1 N–H and O–H groups in total. The van der Waals surface area contributed by atoms with E-state index in [1.807, 2.05) is 121 Å². The lowest BCUT2D eigenvalue weighted by atomic mass is 9.94. The Balaban J connectivity index is 1.26. The van der Waals surface area contributed by atoms with Gasteiger partial charge in [-0.05, 0) is 48.9 Å². The fraction of sp³-hybridized carbons (Fsp3) is 0.600. The van der Waals surface area contributed by atoms with E-state index in [1.165, 1.54) is 77.0 Å². The molecule has 6 rings (SSSR count). The Morgan fingerprint density at radius 2 is 0.975 bits per heavy atom. The smallest absolute Gasteiger partial charge is 0.455 e. The molecule has 14 heteroatoms. The molecule has 7 atom stereocenters. The Labute approximate surface area is 473 Å². The van der Waals surface area contributed by atoms with Crippen LogP contribution in [0.2, 0.25) is 0 Å².